The van der Waals surface area contributed by atoms with Crippen LogP contribution in [0.2, 0.25) is 0 Å². The third kappa shape index (κ3) is 12.5. The van der Waals surface area contributed by atoms with Crippen LogP contribution in [0.3, 0.4) is 0 Å². The van der Waals surface area contributed by atoms with Gasteiger partial charge < -0.3 is 5.11 Å². The summed E-state index contributed by atoms with van der Waals surface area (Å²) in [4.78, 5) is 11.0. The van der Waals surface area contributed by atoms with Crippen molar-refractivity contribution in [1.29, 1.82) is 0 Å². The van der Waals surface area contributed by atoms with Gasteiger partial charge in [-0.05, 0) is 26.7 Å². The van der Waals surface area contributed by atoms with Crippen LogP contribution in [-0.4, -0.2) is 21.0 Å². The Morgan fingerprint density at radius 3 is 1.86 bits per heavy atom. The summed E-state index contributed by atoms with van der Waals surface area (Å²) in [5, 5.41) is 9.06. The van der Waals surface area contributed by atoms with E-state index in [-0.39, 0.29) is 0 Å². The third-order valence-electron chi connectivity index (χ3n) is 3.91. The maximum atomic E-state index is 11.0. The molecule has 0 aliphatic carbocycles. The largest absolute Gasteiger partial charge is 0.481 e. The number of hydrogen-bond donors (Lipinski definition) is 1. The van der Waals surface area contributed by atoms with Crippen molar-refractivity contribution in [3.63, 3.8) is 0 Å². The normalized spacial score (nSPS) is 11.6. The highest BCUT2D eigenvalue weighted by Gasteiger charge is 2.27. The lowest BCUT2D eigenvalue weighted by Crippen LogP contribution is -2.26. The molecule has 0 aromatic carbocycles. The topological polar surface area (TPSA) is 37.3 Å². The SMILES string of the molecule is CCCCCCCCCCCCC(=S)SCC(C)(C)C(=O)O. The zero-order chi connectivity index (χ0) is 16.8. The van der Waals surface area contributed by atoms with Gasteiger partial charge in [0.1, 0.15) is 0 Å². The van der Waals surface area contributed by atoms with Gasteiger partial charge >= 0.3 is 5.97 Å². The zero-order valence-corrected chi connectivity index (χ0v) is 16.3. The minimum atomic E-state index is -0.748. The van der Waals surface area contributed by atoms with Crippen molar-refractivity contribution >= 4 is 34.1 Å². The lowest BCUT2D eigenvalue weighted by Gasteiger charge is -2.18. The smallest absolute Gasteiger partial charge is 0.309 e. The molecule has 1 N–H and O–H groups in total. The van der Waals surface area contributed by atoms with Crippen LogP contribution in [0.5, 0.6) is 0 Å². The summed E-state index contributed by atoms with van der Waals surface area (Å²) < 4.78 is 0.967. The van der Waals surface area contributed by atoms with Crippen molar-refractivity contribution in [2.24, 2.45) is 5.41 Å². The molecule has 0 aromatic heterocycles. The number of aliphatic carboxylic acids is 1. The summed E-state index contributed by atoms with van der Waals surface area (Å²) in [6, 6.07) is 0. The molecule has 0 radical (unpaired) electrons. The molecule has 0 atom stereocenters. The molecule has 0 saturated heterocycles. The molecular formula is C18H34O2S2. The molecule has 130 valence electrons. The van der Waals surface area contributed by atoms with Gasteiger partial charge in [-0.25, -0.2) is 0 Å². The molecule has 0 amide bonds. The average Bonchev–Trinajstić information content (AvgIpc) is 2.47. The number of thiocarbonyl (C=S) groups is 1. The summed E-state index contributed by atoms with van der Waals surface area (Å²) >= 11 is 6.88. The molecule has 0 aromatic rings. The van der Waals surface area contributed by atoms with Gasteiger partial charge in [0.25, 0.3) is 0 Å². The van der Waals surface area contributed by atoms with Crippen LogP contribution < -0.4 is 0 Å². The van der Waals surface area contributed by atoms with E-state index in [2.05, 4.69) is 6.92 Å². The van der Waals surface area contributed by atoms with E-state index in [1.54, 1.807) is 25.6 Å². The first-order chi connectivity index (χ1) is 10.4. The van der Waals surface area contributed by atoms with Crippen LogP contribution in [0, 0.1) is 5.41 Å². The van der Waals surface area contributed by atoms with Crippen molar-refractivity contribution in [3.05, 3.63) is 0 Å². The van der Waals surface area contributed by atoms with E-state index in [1.165, 1.54) is 57.8 Å². The van der Waals surface area contributed by atoms with Gasteiger partial charge in [0.05, 0.1) is 5.41 Å². The number of rotatable bonds is 14. The molecule has 0 rings (SSSR count). The second kappa shape index (κ2) is 13.4. The molecule has 0 unspecified atom stereocenters. The molecule has 2 nitrogen and oxygen atoms in total. The Balaban J connectivity index is 3.41. The van der Waals surface area contributed by atoms with E-state index in [1.807, 2.05) is 0 Å². The molecule has 22 heavy (non-hydrogen) atoms. The molecule has 0 bridgehead atoms. The highest BCUT2D eigenvalue weighted by molar-refractivity contribution is 8.23. The Morgan fingerprint density at radius 1 is 0.955 bits per heavy atom. The van der Waals surface area contributed by atoms with Gasteiger partial charge in [-0.15, -0.1) is 11.8 Å². The lowest BCUT2D eigenvalue weighted by atomic mass is 9.97. The number of carbonyl (C=O) groups is 1. The molecule has 0 fully saturated rings. The Hall–Kier alpha value is -0.0900. The van der Waals surface area contributed by atoms with Crippen LogP contribution in [0.15, 0.2) is 0 Å². The second-order valence-corrected chi connectivity index (χ2v) is 8.60. The van der Waals surface area contributed by atoms with Crippen molar-refractivity contribution in [2.75, 3.05) is 5.75 Å². The number of unbranched alkanes of at least 4 members (excludes halogenated alkanes) is 9. The van der Waals surface area contributed by atoms with E-state index in [0.29, 0.717) is 5.75 Å². The molecule has 4 heteroatoms. The number of thioether (sulfide) groups is 1. The predicted octanol–water partition coefficient (Wildman–Crippen LogP) is 6.47. The van der Waals surface area contributed by atoms with Crippen LogP contribution >= 0.6 is 24.0 Å². The molecule has 0 aliphatic heterocycles. The fraction of sp³-hybridized carbons (Fsp3) is 0.889. The highest BCUT2D eigenvalue weighted by atomic mass is 32.2. The van der Waals surface area contributed by atoms with E-state index < -0.39 is 11.4 Å². The quantitative estimate of drug-likeness (QED) is 0.289. The van der Waals surface area contributed by atoms with Gasteiger partial charge in [0, 0.05) is 9.95 Å². The van der Waals surface area contributed by atoms with Crippen LogP contribution in [0.4, 0.5) is 0 Å². The van der Waals surface area contributed by atoms with Gasteiger partial charge in [0.2, 0.25) is 0 Å². The van der Waals surface area contributed by atoms with Crippen molar-refractivity contribution in [2.45, 2.75) is 91.4 Å². The summed E-state index contributed by atoms with van der Waals surface area (Å²) in [6.45, 7) is 5.77. The zero-order valence-electron chi connectivity index (χ0n) is 14.7. The number of carboxylic acids is 1. The highest BCUT2D eigenvalue weighted by Crippen LogP contribution is 2.24. The average molecular weight is 347 g/mol. The van der Waals surface area contributed by atoms with Gasteiger partial charge in [0.15, 0.2) is 0 Å². The van der Waals surface area contributed by atoms with Gasteiger partial charge in [-0.3, -0.25) is 4.79 Å². The minimum absolute atomic E-state index is 0.568. The second-order valence-electron chi connectivity index (χ2n) is 6.78. The third-order valence-corrected chi connectivity index (χ3v) is 5.86. The Morgan fingerprint density at radius 2 is 1.41 bits per heavy atom. The maximum absolute atomic E-state index is 11.0. The van der Waals surface area contributed by atoms with E-state index in [9.17, 15) is 4.79 Å². The first kappa shape index (κ1) is 21.9. The number of carboxylic acid groups (broad SMARTS) is 1. The molecule has 0 aliphatic rings. The Kier molecular flexibility index (Phi) is 13.3. The molecule has 0 heterocycles. The lowest BCUT2D eigenvalue weighted by molar-refractivity contribution is -0.145. The summed E-state index contributed by atoms with van der Waals surface area (Å²) in [7, 11) is 0. The van der Waals surface area contributed by atoms with Crippen molar-refractivity contribution in [3.8, 4) is 0 Å². The summed E-state index contributed by atoms with van der Waals surface area (Å²) in [5.41, 5.74) is -0.688. The van der Waals surface area contributed by atoms with Gasteiger partial charge in [-0.2, -0.15) is 0 Å². The van der Waals surface area contributed by atoms with E-state index in [4.69, 9.17) is 17.3 Å². The van der Waals surface area contributed by atoms with Crippen LogP contribution in [0.25, 0.3) is 0 Å². The first-order valence-corrected chi connectivity index (χ1v) is 10.2. The Bertz CT molecular complexity index is 314. The maximum Gasteiger partial charge on any atom is 0.309 e. The summed E-state index contributed by atoms with van der Waals surface area (Å²) in [5.74, 6) is -0.180. The molecular weight excluding hydrogens is 312 g/mol. The molecule has 0 saturated carbocycles. The van der Waals surface area contributed by atoms with Crippen molar-refractivity contribution in [1.82, 2.24) is 0 Å². The number of hydrogen-bond acceptors (Lipinski definition) is 3. The molecule has 0 spiro atoms. The fourth-order valence-corrected chi connectivity index (χ4v) is 3.41. The predicted molar refractivity (Wildman–Crippen MR) is 103 cm³/mol. The first-order valence-electron chi connectivity index (χ1n) is 8.79. The fourth-order valence-electron chi connectivity index (χ4n) is 2.15. The summed E-state index contributed by atoms with van der Waals surface area (Å²) in [6.07, 6.45) is 14.3. The minimum Gasteiger partial charge on any atom is -0.481 e. The Labute approximate surface area is 146 Å². The van der Waals surface area contributed by atoms with Crippen LogP contribution in [-0.2, 0) is 4.79 Å². The monoisotopic (exact) mass is 346 g/mol. The van der Waals surface area contributed by atoms with Gasteiger partial charge in [-0.1, -0.05) is 76.9 Å². The standard InChI is InChI=1S/C18H34O2S2/c1-4-5-6-7-8-9-10-11-12-13-14-16(21)22-15-18(2,3)17(19)20/h4-15H2,1-3H3,(H,19,20). The van der Waals surface area contributed by atoms with E-state index >= 15 is 0 Å². The van der Waals surface area contributed by atoms with E-state index in [0.717, 1.165) is 17.0 Å². The van der Waals surface area contributed by atoms with Crippen molar-refractivity contribution < 1.29 is 9.90 Å². The van der Waals surface area contributed by atoms with Crippen LogP contribution in [0.1, 0.15) is 91.4 Å².